The van der Waals surface area contributed by atoms with Gasteiger partial charge in [-0.15, -0.1) is 0 Å². The van der Waals surface area contributed by atoms with Crippen LogP contribution in [0.5, 0.6) is 5.75 Å². The summed E-state index contributed by atoms with van der Waals surface area (Å²) >= 11 is 3.45. The van der Waals surface area contributed by atoms with Crippen LogP contribution in [0.15, 0.2) is 22.7 Å². The van der Waals surface area contributed by atoms with Gasteiger partial charge in [0.05, 0.1) is 7.11 Å². The van der Waals surface area contributed by atoms with E-state index in [2.05, 4.69) is 28.9 Å². The second-order valence-electron chi connectivity index (χ2n) is 3.67. The third-order valence-electron chi connectivity index (χ3n) is 2.43. The fourth-order valence-electron chi connectivity index (χ4n) is 1.51. The first kappa shape index (κ1) is 12.5. The Hall–Kier alpha value is -0.540. The van der Waals surface area contributed by atoms with Crippen LogP contribution in [0.4, 0.5) is 0 Å². The number of hydrogen-bond acceptors (Lipinski definition) is 2. The third kappa shape index (κ3) is 3.84. The molecular weight excluding hydrogens is 254 g/mol. The van der Waals surface area contributed by atoms with Crippen molar-refractivity contribution >= 4 is 15.9 Å². The average Bonchev–Trinajstić information content (AvgIpc) is 2.24. The summed E-state index contributed by atoms with van der Waals surface area (Å²) in [6.45, 7) is 2.17. The molecule has 0 aromatic heterocycles. The largest absolute Gasteiger partial charge is 0.497 e. The van der Waals surface area contributed by atoms with E-state index in [0.29, 0.717) is 0 Å². The molecule has 0 fully saturated rings. The van der Waals surface area contributed by atoms with Gasteiger partial charge >= 0.3 is 0 Å². The van der Waals surface area contributed by atoms with E-state index in [9.17, 15) is 0 Å². The van der Waals surface area contributed by atoms with Gasteiger partial charge in [-0.1, -0.05) is 35.7 Å². The van der Waals surface area contributed by atoms with Gasteiger partial charge in [0.15, 0.2) is 0 Å². The number of rotatable bonds is 5. The lowest BCUT2D eigenvalue weighted by Crippen LogP contribution is -2.10. The van der Waals surface area contributed by atoms with E-state index in [1.807, 2.05) is 12.1 Å². The maximum absolute atomic E-state index is 6.10. The summed E-state index contributed by atoms with van der Waals surface area (Å²) in [5.74, 6) is 0.853. The maximum atomic E-state index is 6.10. The van der Waals surface area contributed by atoms with E-state index in [0.717, 1.165) is 28.6 Å². The normalized spacial score (nSPS) is 12.5. The molecule has 1 atom stereocenters. The molecule has 0 aliphatic rings. The number of hydrogen-bond donors (Lipinski definition) is 1. The molecule has 0 radical (unpaired) electrons. The van der Waals surface area contributed by atoms with Gasteiger partial charge in [-0.3, -0.25) is 0 Å². The Balaban J connectivity index is 2.78. The molecule has 0 aliphatic heterocycles. The summed E-state index contributed by atoms with van der Waals surface area (Å²) in [5, 5.41) is 0. The van der Waals surface area contributed by atoms with Crippen LogP contribution in [0.3, 0.4) is 0 Å². The fourth-order valence-corrected chi connectivity index (χ4v) is 2.00. The van der Waals surface area contributed by atoms with E-state index in [4.69, 9.17) is 10.5 Å². The maximum Gasteiger partial charge on any atom is 0.120 e. The van der Waals surface area contributed by atoms with Gasteiger partial charge in [-0.25, -0.2) is 0 Å². The predicted molar refractivity (Wildman–Crippen MR) is 67.1 cm³/mol. The quantitative estimate of drug-likeness (QED) is 0.888. The third-order valence-corrected chi connectivity index (χ3v) is 2.88. The molecule has 0 bridgehead atoms. The molecule has 1 rings (SSSR count). The number of halogens is 1. The molecular formula is C12H18BrNO. The molecule has 0 spiro atoms. The van der Waals surface area contributed by atoms with Crippen molar-refractivity contribution in [2.24, 2.45) is 5.73 Å². The van der Waals surface area contributed by atoms with Crippen molar-refractivity contribution in [2.45, 2.75) is 32.2 Å². The number of ether oxygens (including phenoxy) is 1. The monoisotopic (exact) mass is 271 g/mol. The van der Waals surface area contributed by atoms with Crippen LogP contribution in [0.1, 0.15) is 37.8 Å². The zero-order chi connectivity index (χ0) is 11.3. The van der Waals surface area contributed by atoms with Crippen LogP contribution in [-0.4, -0.2) is 7.11 Å². The first-order valence-corrected chi connectivity index (χ1v) is 6.06. The lowest BCUT2D eigenvalue weighted by atomic mass is 10.0. The van der Waals surface area contributed by atoms with Crippen LogP contribution < -0.4 is 10.5 Å². The van der Waals surface area contributed by atoms with Crippen molar-refractivity contribution < 1.29 is 4.74 Å². The standard InChI is InChI=1S/C12H18BrNO/c1-3-4-5-12(14)9-6-10(13)8-11(7-9)15-2/h6-8,12H,3-5,14H2,1-2H3/t12-/m0/s1. The predicted octanol–water partition coefficient (Wildman–Crippen LogP) is 3.65. The van der Waals surface area contributed by atoms with Crippen LogP contribution >= 0.6 is 15.9 Å². The van der Waals surface area contributed by atoms with Crippen LogP contribution in [-0.2, 0) is 0 Å². The molecule has 0 heterocycles. The van der Waals surface area contributed by atoms with Gasteiger partial charge in [0, 0.05) is 10.5 Å². The minimum Gasteiger partial charge on any atom is -0.497 e. The summed E-state index contributed by atoms with van der Waals surface area (Å²) < 4.78 is 6.22. The topological polar surface area (TPSA) is 35.2 Å². The lowest BCUT2D eigenvalue weighted by Gasteiger charge is -2.13. The van der Waals surface area contributed by atoms with Crippen molar-refractivity contribution in [1.29, 1.82) is 0 Å². The lowest BCUT2D eigenvalue weighted by molar-refractivity contribution is 0.413. The Morgan fingerprint density at radius 1 is 1.40 bits per heavy atom. The van der Waals surface area contributed by atoms with Crippen molar-refractivity contribution in [3.8, 4) is 5.75 Å². The summed E-state index contributed by atoms with van der Waals surface area (Å²) in [5.41, 5.74) is 7.23. The zero-order valence-electron chi connectivity index (χ0n) is 9.29. The number of nitrogens with two attached hydrogens (primary N) is 1. The van der Waals surface area contributed by atoms with Crippen LogP contribution in [0.2, 0.25) is 0 Å². The van der Waals surface area contributed by atoms with Crippen molar-refractivity contribution in [3.63, 3.8) is 0 Å². The molecule has 2 N–H and O–H groups in total. The molecule has 1 aromatic rings. The Kier molecular flexibility index (Phi) is 5.12. The van der Waals surface area contributed by atoms with Crippen LogP contribution in [0, 0.1) is 0 Å². The Bertz CT molecular complexity index is 314. The van der Waals surface area contributed by atoms with E-state index < -0.39 is 0 Å². The van der Waals surface area contributed by atoms with Crippen molar-refractivity contribution in [2.75, 3.05) is 7.11 Å². The molecule has 0 saturated carbocycles. The first-order valence-electron chi connectivity index (χ1n) is 5.27. The Labute approximate surface area is 99.9 Å². The Morgan fingerprint density at radius 3 is 2.73 bits per heavy atom. The average molecular weight is 272 g/mol. The summed E-state index contributed by atoms with van der Waals surface area (Å²) in [7, 11) is 1.67. The minimum atomic E-state index is 0.108. The molecule has 0 amide bonds. The summed E-state index contributed by atoms with van der Waals surface area (Å²) in [6.07, 6.45) is 3.37. The second-order valence-corrected chi connectivity index (χ2v) is 4.59. The highest BCUT2D eigenvalue weighted by Gasteiger charge is 2.07. The minimum absolute atomic E-state index is 0.108. The number of methoxy groups -OCH3 is 1. The summed E-state index contributed by atoms with van der Waals surface area (Å²) in [6, 6.07) is 6.11. The molecule has 0 aliphatic carbocycles. The molecule has 1 aromatic carbocycles. The SMILES string of the molecule is CCCC[C@H](N)c1cc(Br)cc(OC)c1. The highest BCUT2D eigenvalue weighted by atomic mass is 79.9. The number of unbranched alkanes of at least 4 members (excludes halogenated alkanes) is 1. The first-order chi connectivity index (χ1) is 7.17. The van der Waals surface area contributed by atoms with Gasteiger partial charge in [-0.05, 0) is 30.2 Å². The van der Waals surface area contributed by atoms with Gasteiger partial charge < -0.3 is 10.5 Å². The fraction of sp³-hybridized carbons (Fsp3) is 0.500. The van der Waals surface area contributed by atoms with E-state index in [-0.39, 0.29) is 6.04 Å². The second kappa shape index (κ2) is 6.13. The zero-order valence-corrected chi connectivity index (χ0v) is 10.9. The van der Waals surface area contributed by atoms with Crippen LogP contribution in [0.25, 0.3) is 0 Å². The highest BCUT2D eigenvalue weighted by molar-refractivity contribution is 9.10. The summed E-state index contributed by atoms with van der Waals surface area (Å²) in [4.78, 5) is 0. The molecule has 2 nitrogen and oxygen atoms in total. The van der Waals surface area contributed by atoms with E-state index in [1.54, 1.807) is 7.11 Å². The molecule has 0 saturated heterocycles. The van der Waals surface area contributed by atoms with Gasteiger partial charge in [0.25, 0.3) is 0 Å². The van der Waals surface area contributed by atoms with E-state index in [1.165, 1.54) is 6.42 Å². The van der Waals surface area contributed by atoms with Gasteiger partial charge in [0.2, 0.25) is 0 Å². The van der Waals surface area contributed by atoms with Gasteiger partial charge in [-0.2, -0.15) is 0 Å². The Morgan fingerprint density at radius 2 is 2.13 bits per heavy atom. The molecule has 3 heteroatoms. The highest BCUT2D eigenvalue weighted by Crippen LogP contribution is 2.26. The smallest absolute Gasteiger partial charge is 0.120 e. The van der Waals surface area contributed by atoms with Crippen molar-refractivity contribution in [3.05, 3.63) is 28.2 Å². The van der Waals surface area contributed by atoms with Crippen molar-refractivity contribution in [1.82, 2.24) is 0 Å². The molecule has 0 unspecified atom stereocenters. The number of benzene rings is 1. The molecule has 15 heavy (non-hydrogen) atoms. The van der Waals surface area contributed by atoms with E-state index >= 15 is 0 Å². The molecule has 84 valence electrons. The van der Waals surface area contributed by atoms with Gasteiger partial charge in [0.1, 0.15) is 5.75 Å².